The fourth-order valence-corrected chi connectivity index (χ4v) is 9.11. The number of carbonyl (C=O) groups excluding carboxylic acids is 1. The largest absolute Gasteiger partial charge is 0.457 e. The van der Waals surface area contributed by atoms with Gasteiger partial charge in [0.25, 0.3) is 0 Å². The lowest BCUT2D eigenvalue weighted by Gasteiger charge is -2.42. The Labute approximate surface area is 406 Å². The van der Waals surface area contributed by atoms with E-state index in [2.05, 4.69) is 13.8 Å². The van der Waals surface area contributed by atoms with Gasteiger partial charge in [0, 0.05) is 13.0 Å². The molecule has 2 aliphatic heterocycles. The summed E-state index contributed by atoms with van der Waals surface area (Å²) < 4.78 is 34.3. The van der Waals surface area contributed by atoms with Crippen molar-refractivity contribution in [3.63, 3.8) is 0 Å². The van der Waals surface area contributed by atoms with E-state index in [-0.39, 0.29) is 25.6 Å². The molecule has 2 rings (SSSR count). The van der Waals surface area contributed by atoms with Crippen LogP contribution in [-0.4, -0.2) is 142 Å². The topological polar surface area (TPSA) is 214 Å². The molecule has 2 fully saturated rings. The number of hydrogen-bond donors (Lipinski definition) is 7. The normalized spacial score (nSPS) is 26.0. The minimum atomic E-state index is -1.70. The van der Waals surface area contributed by atoms with Crippen LogP contribution in [0.1, 0.15) is 232 Å². The molecule has 0 aliphatic carbocycles. The van der Waals surface area contributed by atoms with E-state index < -0.39 is 80.7 Å². The Morgan fingerprint density at radius 3 is 1.21 bits per heavy atom. The van der Waals surface area contributed by atoms with Gasteiger partial charge in [-0.2, -0.15) is 0 Å². The third kappa shape index (κ3) is 29.2. The van der Waals surface area contributed by atoms with E-state index in [1.54, 1.807) is 0 Å². The number of carbonyl (C=O) groups is 1. The number of unbranched alkanes of at least 4 members (excludes halogenated alkanes) is 31. The van der Waals surface area contributed by atoms with Crippen molar-refractivity contribution in [3.8, 4) is 0 Å². The molecule has 0 spiro atoms. The summed E-state index contributed by atoms with van der Waals surface area (Å²) in [6, 6.07) is 0. The van der Waals surface area contributed by atoms with E-state index >= 15 is 0 Å². The monoisotopic (exact) mass is 963 g/mol. The van der Waals surface area contributed by atoms with Gasteiger partial charge in [0.2, 0.25) is 0 Å². The third-order valence-corrected chi connectivity index (χ3v) is 13.6. The Morgan fingerprint density at radius 2 is 0.791 bits per heavy atom. The Kier molecular flexibility index (Phi) is 38.6. The number of ether oxygens (including phenoxy) is 6. The molecule has 0 amide bonds. The minimum Gasteiger partial charge on any atom is -0.457 e. The number of hydrogen-bond acceptors (Lipinski definition) is 14. The fraction of sp³-hybridized carbons (Fsp3) is 0.981. The third-order valence-electron chi connectivity index (χ3n) is 13.6. The van der Waals surface area contributed by atoms with Gasteiger partial charge < -0.3 is 64.2 Å². The average molecular weight is 963 g/mol. The van der Waals surface area contributed by atoms with Gasteiger partial charge in [-0.15, -0.1) is 0 Å². The first-order chi connectivity index (χ1) is 32.6. The first-order valence-electron chi connectivity index (χ1n) is 27.6. The van der Waals surface area contributed by atoms with Gasteiger partial charge in [0.1, 0.15) is 54.9 Å². The highest BCUT2D eigenvalue weighted by molar-refractivity contribution is 5.69. The molecule has 7 N–H and O–H groups in total. The molecule has 0 aromatic heterocycles. The highest BCUT2D eigenvalue weighted by Gasteiger charge is 2.47. The second-order valence-electron chi connectivity index (χ2n) is 19.8. The molecule has 0 aromatic carbocycles. The zero-order valence-corrected chi connectivity index (χ0v) is 42.4. The molecule has 14 nitrogen and oxygen atoms in total. The minimum absolute atomic E-state index is 0.0705. The summed E-state index contributed by atoms with van der Waals surface area (Å²) in [5.41, 5.74) is 0. The van der Waals surface area contributed by atoms with Crippen LogP contribution < -0.4 is 0 Å². The second kappa shape index (κ2) is 41.6. The first-order valence-corrected chi connectivity index (χ1v) is 27.6. The number of esters is 1. The lowest BCUT2D eigenvalue weighted by atomic mass is 9.98. The van der Waals surface area contributed by atoms with Crippen LogP contribution in [-0.2, 0) is 33.2 Å². The summed E-state index contributed by atoms with van der Waals surface area (Å²) in [5, 5.41) is 72.2. The predicted molar refractivity (Wildman–Crippen MR) is 261 cm³/mol. The summed E-state index contributed by atoms with van der Waals surface area (Å²) in [7, 11) is 0. The van der Waals surface area contributed by atoms with Gasteiger partial charge in [-0.1, -0.05) is 213 Å². The van der Waals surface area contributed by atoms with E-state index in [4.69, 9.17) is 28.4 Å². The number of rotatable bonds is 45. The molecule has 2 aliphatic rings. The van der Waals surface area contributed by atoms with Gasteiger partial charge in [0.15, 0.2) is 12.6 Å². The van der Waals surface area contributed by atoms with Crippen LogP contribution in [0.2, 0.25) is 0 Å². The molecule has 14 heteroatoms. The molecule has 0 saturated carbocycles. The van der Waals surface area contributed by atoms with Crippen molar-refractivity contribution < 1.29 is 69.0 Å². The molecule has 2 heterocycles. The molecular weight excluding hydrogens is 861 g/mol. The lowest BCUT2D eigenvalue weighted by molar-refractivity contribution is -0.332. The Hall–Kier alpha value is -1.01. The van der Waals surface area contributed by atoms with Crippen LogP contribution in [0, 0.1) is 0 Å². The average Bonchev–Trinajstić information content (AvgIpc) is 3.32. The number of aliphatic hydroxyl groups is 7. The molecule has 11 unspecified atom stereocenters. The van der Waals surface area contributed by atoms with Crippen LogP contribution in [0.5, 0.6) is 0 Å². The molecule has 0 bridgehead atoms. The van der Waals surface area contributed by atoms with Crippen molar-refractivity contribution in [3.05, 3.63) is 0 Å². The van der Waals surface area contributed by atoms with Gasteiger partial charge >= 0.3 is 5.97 Å². The highest BCUT2D eigenvalue weighted by Crippen LogP contribution is 2.27. The Bertz CT molecular complexity index is 1120. The van der Waals surface area contributed by atoms with Gasteiger partial charge in [-0.05, 0) is 12.8 Å². The fourth-order valence-electron chi connectivity index (χ4n) is 9.11. The molecule has 0 radical (unpaired) electrons. The van der Waals surface area contributed by atoms with Crippen LogP contribution >= 0.6 is 0 Å². The SMILES string of the molecule is CCCCCCCCCCCCCCCCCCCCCCCOCC(COC1OC(COC2OC(CO)C(O)C(O)C2O)C(O)C(O)C1O)OC(=O)CCCCCCCCCCCCCC. The summed E-state index contributed by atoms with van der Waals surface area (Å²) in [4.78, 5) is 13.0. The van der Waals surface area contributed by atoms with Crippen molar-refractivity contribution in [1.29, 1.82) is 0 Å². The molecule has 67 heavy (non-hydrogen) atoms. The Morgan fingerprint density at radius 1 is 0.433 bits per heavy atom. The maximum Gasteiger partial charge on any atom is 0.306 e. The van der Waals surface area contributed by atoms with E-state index in [1.165, 1.54) is 167 Å². The maximum absolute atomic E-state index is 13.0. The lowest BCUT2D eigenvalue weighted by Crippen LogP contribution is -2.61. The molecular formula is C53H102O14. The van der Waals surface area contributed by atoms with Crippen LogP contribution in [0.25, 0.3) is 0 Å². The first kappa shape index (κ1) is 62.1. The second-order valence-corrected chi connectivity index (χ2v) is 19.8. The Balaban J connectivity index is 1.70. The quantitative estimate of drug-likeness (QED) is 0.0224. The van der Waals surface area contributed by atoms with E-state index in [9.17, 15) is 40.5 Å². The number of aliphatic hydroxyl groups excluding tert-OH is 7. The summed E-state index contributed by atoms with van der Waals surface area (Å²) in [5.74, 6) is -0.371. The highest BCUT2D eigenvalue weighted by atomic mass is 16.7. The molecule has 0 aromatic rings. The summed E-state index contributed by atoms with van der Waals surface area (Å²) in [6.45, 7) is 3.74. The van der Waals surface area contributed by atoms with Gasteiger partial charge in [-0.3, -0.25) is 4.79 Å². The van der Waals surface area contributed by atoms with Crippen molar-refractivity contribution in [2.45, 2.75) is 300 Å². The van der Waals surface area contributed by atoms with Crippen LogP contribution in [0.15, 0.2) is 0 Å². The predicted octanol–water partition coefficient (Wildman–Crippen LogP) is 8.86. The molecule has 11 atom stereocenters. The van der Waals surface area contributed by atoms with Gasteiger partial charge in [-0.25, -0.2) is 0 Å². The zero-order valence-electron chi connectivity index (χ0n) is 42.4. The van der Waals surface area contributed by atoms with Crippen molar-refractivity contribution in [2.75, 3.05) is 33.0 Å². The standard InChI is InChI=1S/C53H102O14/c1-3-5-7-9-11-13-15-17-18-19-20-21-22-23-24-25-27-29-31-33-35-37-62-39-42(65-45(55)36-34-32-30-28-26-16-14-12-10-8-6-4-2)40-63-52-51(61)49(59)47(57)44(67-52)41-64-53-50(60)48(58)46(56)43(38-54)66-53/h42-44,46-54,56-61H,3-41H2,1-2H3. The molecule has 398 valence electrons. The smallest absolute Gasteiger partial charge is 0.306 e. The van der Waals surface area contributed by atoms with Crippen LogP contribution in [0.3, 0.4) is 0 Å². The maximum atomic E-state index is 13.0. The van der Waals surface area contributed by atoms with E-state index in [0.29, 0.717) is 13.0 Å². The summed E-state index contributed by atoms with van der Waals surface area (Å²) >= 11 is 0. The molecule has 2 saturated heterocycles. The van der Waals surface area contributed by atoms with Crippen molar-refractivity contribution >= 4 is 5.97 Å². The van der Waals surface area contributed by atoms with E-state index in [1.807, 2.05) is 0 Å². The van der Waals surface area contributed by atoms with Crippen molar-refractivity contribution in [1.82, 2.24) is 0 Å². The van der Waals surface area contributed by atoms with Gasteiger partial charge in [0.05, 0.1) is 26.4 Å². The van der Waals surface area contributed by atoms with Crippen molar-refractivity contribution in [2.24, 2.45) is 0 Å². The zero-order chi connectivity index (χ0) is 48.7. The summed E-state index contributed by atoms with van der Waals surface area (Å²) in [6.07, 6.45) is 26.0. The van der Waals surface area contributed by atoms with E-state index in [0.717, 1.165) is 38.5 Å². The van der Waals surface area contributed by atoms with Crippen LogP contribution in [0.4, 0.5) is 0 Å².